The summed E-state index contributed by atoms with van der Waals surface area (Å²) in [5.74, 6) is 0.104. The van der Waals surface area contributed by atoms with Gasteiger partial charge in [0.2, 0.25) is 0 Å². The lowest BCUT2D eigenvalue weighted by atomic mass is 10.3. The van der Waals surface area contributed by atoms with Crippen LogP contribution in [-0.4, -0.2) is 17.3 Å². The number of phenolic OH excluding ortho intramolecular Hbond substituents is 1. The smallest absolute Gasteiger partial charge is 0.411 e. The van der Waals surface area contributed by atoms with Crippen molar-refractivity contribution in [1.29, 1.82) is 0 Å². The van der Waals surface area contributed by atoms with E-state index < -0.39 is 6.09 Å². The number of phenols is 1. The molecule has 1 amide bonds. The molecule has 0 bridgehead atoms. The molecule has 0 unspecified atom stereocenters. The Morgan fingerprint density at radius 3 is 2.79 bits per heavy atom. The largest absolute Gasteiger partial charge is 0.508 e. The van der Waals surface area contributed by atoms with Crippen LogP contribution in [0.5, 0.6) is 5.75 Å². The second-order valence-corrected chi connectivity index (χ2v) is 3.13. The number of rotatable bonds is 2. The van der Waals surface area contributed by atoms with Crippen molar-refractivity contribution in [3.63, 3.8) is 0 Å². The maximum absolute atomic E-state index is 11.1. The molecular formula is C10H13NO3. The summed E-state index contributed by atoms with van der Waals surface area (Å²) in [4.78, 5) is 11.1. The monoisotopic (exact) mass is 195 g/mol. The number of hydrogen-bond acceptors (Lipinski definition) is 3. The molecule has 1 aromatic rings. The van der Waals surface area contributed by atoms with Crippen LogP contribution in [0, 0.1) is 0 Å². The number of carbonyl (C=O) groups is 1. The van der Waals surface area contributed by atoms with E-state index in [1.165, 1.54) is 12.1 Å². The second-order valence-electron chi connectivity index (χ2n) is 3.13. The quantitative estimate of drug-likeness (QED) is 0.761. The standard InChI is InChI=1S/C10H13NO3/c1-7(2)14-10(13)11-8-4-3-5-9(12)6-8/h3-7,12H,1-2H3,(H,11,13). The molecule has 4 nitrogen and oxygen atoms in total. The zero-order chi connectivity index (χ0) is 10.6. The average molecular weight is 195 g/mol. The van der Waals surface area contributed by atoms with Crippen LogP contribution in [0.1, 0.15) is 13.8 Å². The zero-order valence-electron chi connectivity index (χ0n) is 8.15. The number of anilines is 1. The molecule has 0 aliphatic carbocycles. The zero-order valence-corrected chi connectivity index (χ0v) is 8.15. The van der Waals surface area contributed by atoms with E-state index >= 15 is 0 Å². The molecule has 0 aliphatic rings. The van der Waals surface area contributed by atoms with Crippen molar-refractivity contribution in [1.82, 2.24) is 0 Å². The Labute approximate surface area is 82.5 Å². The van der Waals surface area contributed by atoms with Crippen LogP contribution < -0.4 is 5.32 Å². The first-order chi connectivity index (χ1) is 6.58. The van der Waals surface area contributed by atoms with Gasteiger partial charge in [-0.15, -0.1) is 0 Å². The number of ether oxygens (including phenoxy) is 1. The molecule has 0 saturated carbocycles. The number of nitrogens with one attached hydrogen (secondary N) is 1. The normalized spacial score (nSPS) is 9.93. The van der Waals surface area contributed by atoms with E-state index in [1.54, 1.807) is 26.0 Å². The van der Waals surface area contributed by atoms with E-state index in [4.69, 9.17) is 9.84 Å². The minimum absolute atomic E-state index is 0.104. The molecule has 4 heteroatoms. The lowest BCUT2D eigenvalue weighted by Crippen LogP contribution is -2.17. The van der Waals surface area contributed by atoms with Crippen molar-refractivity contribution in [3.8, 4) is 5.75 Å². The van der Waals surface area contributed by atoms with Gasteiger partial charge in [-0.1, -0.05) is 6.07 Å². The highest BCUT2D eigenvalue weighted by molar-refractivity contribution is 5.84. The molecule has 0 radical (unpaired) electrons. The molecule has 0 fully saturated rings. The van der Waals surface area contributed by atoms with Gasteiger partial charge < -0.3 is 9.84 Å². The van der Waals surface area contributed by atoms with Gasteiger partial charge in [0.25, 0.3) is 0 Å². The fourth-order valence-electron chi connectivity index (χ4n) is 0.945. The van der Waals surface area contributed by atoms with E-state index in [1.807, 2.05) is 0 Å². The minimum atomic E-state index is -0.523. The fourth-order valence-corrected chi connectivity index (χ4v) is 0.945. The lowest BCUT2D eigenvalue weighted by molar-refractivity contribution is 0.130. The molecule has 14 heavy (non-hydrogen) atoms. The molecule has 1 rings (SSSR count). The van der Waals surface area contributed by atoms with Gasteiger partial charge in [-0.3, -0.25) is 5.32 Å². The molecular weight excluding hydrogens is 182 g/mol. The Bertz CT molecular complexity index is 323. The van der Waals surface area contributed by atoms with Crippen LogP contribution >= 0.6 is 0 Å². The number of aromatic hydroxyl groups is 1. The number of amides is 1. The maximum Gasteiger partial charge on any atom is 0.411 e. The first-order valence-electron chi connectivity index (χ1n) is 4.34. The third kappa shape index (κ3) is 3.35. The summed E-state index contributed by atoms with van der Waals surface area (Å²) in [6.07, 6.45) is -0.682. The highest BCUT2D eigenvalue weighted by atomic mass is 16.6. The van der Waals surface area contributed by atoms with Crippen LogP contribution in [0.2, 0.25) is 0 Å². The minimum Gasteiger partial charge on any atom is -0.508 e. The number of benzene rings is 1. The highest BCUT2D eigenvalue weighted by Crippen LogP contribution is 2.15. The summed E-state index contributed by atoms with van der Waals surface area (Å²) >= 11 is 0. The van der Waals surface area contributed by atoms with Crippen LogP contribution in [0.15, 0.2) is 24.3 Å². The van der Waals surface area contributed by atoms with Gasteiger partial charge in [-0.05, 0) is 26.0 Å². The van der Waals surface area contributed by atoms with E-state index in [2.05, 4.69) is 5.32 Å². The highest BCUT2D eigenvalue weighted by Gasteiger charge is 2.05. The Morgan fingerprint density at radius 2 is 2.21 bits per heavy atom. The summed E-state index contributed by atoms with van der Waals surface area (Å²) in [5.41, 5.74) is 0.510. The molecule has 2 N–H and O–H groups in total. The molecule has 0 aromatic heterocycles. The third-order valence-electron chi connectivity index (χ3n) is 1.44. The number of carbonyl (C=O) groups excluding carboxylic acids is 1. The van der Waals surface area contributed by atoms with Crippen molar-refractivity contribution in [2.75, 3.05) is 5.32 Å². The van der Waals surface area contributed by atoms with E-state index in [9.17, 15) is 4.79 Å². The SMILES string of the molecule is CC(C)OC(=O)Nc1cccc(O)c1. The van der Waals surface area contributed by atoms with Crippen molar-refractivity contribution in [2.45, 2.75) is 20.0 Å². The van der Waals surface area contributed by atoms with Crippen molar-refractivity contribution in [3.05, 3.63) is 24.3 Å². The second kappa shape index (κ2) is 4.50. The van der Waals surface area contributed by atoms with E-state index in [-0.39, 0.29) is 11.9 Å². The third-order valence-corrected chi connectivity index (χ3v) is 1.44. The van der Waals surface area contributed by atoms with Gasteiger partial charge in [-0.25, -0.2) is 4.79 Å². The van der Waals surface area contributed by atoms with Gasteiger partial charge >= 0.3 is 6.09 Å². The maximum atomic E-state index is 11.1. The summed E-state index contributed by atoms with van der Waals surface area (Å²) in [6.45, 7) is 3.53. The molecule has 76 valence electrons. The van der Waals surface area contributed by atoms with Gasteiger partial charge in [-0.2, -0.15) is 0 Å². The molecule has 0 saturated heterocycles. The van der Waals surface area contributed by atoms with Gasteiger partial charge in [0.1, 0.15) is 5.75 Å². The topological polar surface area (TPSA) is 58.6 Å². The fraction of sp³-hybridized carbons (Fsp3) is 0.300. The predicted molar refractivity (Wildman–Crippen MR) is 53.3 cm³/mol. The van der Waals surface area contributed by atoms with Crippen molar-refractivity contribution < 1.29 is 14.6 Å². The first kappa shape index (κ1) is 10.4. The van der Waals surface area contributed by atoms with Crippen LogP contribution in [0.25, 0.3) is 0 Å². The first-order valence-corrected chi connectivity index (χ1v) is 4.34. The summed E-state index contributed by atoms with van der Waals surface area (Å²) in [6, 6.07) is 6.28. The Morgan fingerprint density at radius 1 is 1.50 bits per heavy atom. The van der Waals surface area contributed by atoms with Crippen molar-refractivity contribution >= 4 is 11.8 Å². The molecule has 0 atom stereocenters. The van der Waals surface area contributed by atoms with E-state index in [0.29, 0.717) is 5.69 Å². The van der Waals surface area contributed by atoms with Gasteiger partial charge in [0.15, 0.2) is 0 Å². The Hall–Kier alpha value is -1.71. The van der Waals surface area contributed by atoms with Gasteiger partial charge in [0, 0.05) is 11.8 Å². The van der Waals surface area contributed by atoms with Crippen LogP contribution in [0.4, 0.5) is 10.5 Å². The Balaban J connectivity index is 2.56. The van der Waals surface area contributed by atoms with E-state index in [0.717, 1.165) is 0 Å². The van der Waals surface area contributed by atoms with Crippen molar-refractivity contribution in [2.24, 2.45) is 0 Å². The molecule has 0 aliphatic heterocycles. The predicted octanol–water partition coefficient (Wildman–Crippen LogP) is 2.35. The summed E-state index contributed by atoms with van der Waals surface area (Å²) in [7, 11) is 0. The lowest BCUT2D eigenvalue weighted by Gasteiger charge is -2.09. The Kier molecular flexibility index (Phi) is 3.34. The average Bonchev–Trinajstić information content (AvgIpc) is 2.01. The van der Waals surface area contributed by atoms with Crippen LogP contribution in [0.3, 0.4) is 0 Å². The summed E-state index contributed by atoms with van der Waals surface area (Å²) in [5, 5.41) is 11.6. The number of hydrogen-bond donors (Lipinski definition) is 2. The molecule has 1 aromatic carbocycles. The molecule has 0 spiro atoms. The molecule has 0 heterocycles. The van der Waals surface area contributed by atoms with Crippen LogP contribution in [-0.2, 0) is 4.74 Å². The van der Waals surface area contributed by atoms with Gasteiger partial charge in [0.05, 0.1) is 6.10 Å². The summed E-state index contributed by atoms with van der Waals surface area (Å²) < 4.78 is 4.86.